The molecular formula is C21H31N3O3. The van der Waals surface area contributed by atoms with Crippen molar-refractivity contribution in [2.75, 3.05) is 40.4 Å². The predicted octanol–water partition coefficient (Wildman–Crippen LogP) is 3.16. The molecule has 1 fully saturated rings. The van der Waals surface area contributed by atoms with Crippen LogP contribution in [0.4, 0.5) is 4.79 Å². The summed E-state index contributed by atoms with van der Waals surface area (Å²) in [4.78, 5) is 17.2. The molecule has 3 rings (SSSR count). The maximum Gasteiger partial charge on any atom is 0.324 e. The molecule has 1 saturated heterocycles. The number of hydrogen-bond donors (Lipinski definition) is 1. The smallest absolute Gasteiger partial charge is 0.324 e. The van der Waals surface area contributed by atoms with Crippen LogP contribution in [0, 0.1) is 0 Å². The molecule has 1 N–H and O–H groups in total. The number of amides is 2. The average molecular weight is 373 g/mol. The minimum atomic E-state index is 0.0975. The van der Waals surface area contributed by atoms with Crippen molar-refractivity contribution in [1.29, 1.82) is 0 Å². The summed E-state index contributed by atoms with van der Waals surface area (Å²) < 4.78 is 11.1. The standard InChI is InChI=1S/C21H31N3O3/c1-4-23-12-6-11-22-10-5-7-17-8-9-19-16(15-24(17)21(23)25)13-18(26-2)14-20(19)27-3/h8,13-14,22H,4-7,9-12,15H2,1-3H3. The van der Waals surface area contributed by atoms with Crippen molar-refractivity contribution in [2.45, 2.75) is 39.2 Å². The van der Waals surface area contributed by atoms with Crippen molar-refractivity contribution >= 4 is 6.03 Å². The van der Waals surface area contributed by atoms with Gasteiger partial charge < -0.3 is 19.7 Å². The van der Waals surface area contributed by atoms with Crippen LogP contribution in [0.25, 0.3) is 0 Å². The zero-order valence-corrected chi connectivity index (χ0v) is 16.7. The van der Waals surface area contributed by atoms with E-state index in [9.17, 15) is 4.79 Å². The molecule has 0 unspecified atom stereocenters. The van der Waals surface area contributed by atoms with Crippen LogP contribution < -0.4 is 14.8 Å². The molecule has 2 heterocycles. The lowest BCUT2D eigenvalue weighted by Crippen LogP contribution is -2.42. The van der Waals surface area contributed by atoms with Crippen molar-refractivity contribution < 1.29 is 14.3 Å². The number of carbonyl (C=O) groups is 1. The number of fused-ring (bicyclic) bond motifs is 2. The minimum absolute atomic E-state index is 0.0975. The second kappa shape index (κ2) is 9.13. The summed E-state index contributed by atoms with van der Waals surface area (Å²) in [5.41, 5.74) is 3.34. The first kappa shape index (κ1) is 19.5. The Hall–Kier alpha value is -2.21. The van der Waals surface area contributed by atoms with Crippen molar-refractivity contribution in [3.8, 4) is 11.5 Å². The van der Waals surface area contributed by atoms with Gasteiger partial charge in [0, 0.05) is 30.4 Å². The molecule has 0 bridgehead atoms. The monoisotopic (exact) mass is 373 g/mol. The van der Waals surface area contributed by atoms with Gasteiger partial charge in [-0.25, -0.2) is 4.79 Å². The Labute approximate surface area is 162 Å². The van der Waals surface area contributed by atoms with E-state index >= 15 is 0 Å². The number of ether oxygens (including phenoxy) is 2. The van der Waals surface area contributed by atoms with Crippen molar-refractivity contribution in [1.82, 2.24) is 15.1 Å². The van der Waals surface area contributed by atoms with Crippen LogP contribution in [0.2, 0.25) is 0 Å². The molecule has 6 heteroatoms. The molecule has 148 valence electrons. The lowest BCUT2D eigenvalue weighted by atomic mass is 10.0. The van der Waals surface area contributed by atoms with Gasteiger partial charge in [0.2, 0.25) is 0 Å². The van der Waals surface area contributed by atoms with Gasteiger partial charge in [-0.1, -0.05) is 6.08 Å². The van der Waals surface area contributed by atoms with Gasteiger partial charge in [-0.2, -0.15) is 0 Å². The molecule has 0 saturated carbocycles. The SMILES string of the molecule is CCN1CCCNCCCC2=CCc3c(cc(OC)cc3OC)CN2C1=O. The van der Waals surface area contributed by atoms with Crippen LogP contribution in [-0.2, 0) is 13.0 Å². The quantitative estimate of drug-likeness (QED) is 0.884. The van der Waals surface area contributed by atoms with E-state index in [1.54, 1.807) is 14.2 Å². The lowest BCUT2D eigenvalue weighted by molar-refractivity contribution is 0.164. The second-order valence-corrected chi connectivity index (χ2v) is 7.02. The van der Waals surface area contributed by atoms with E-state index in [1.807, 2.05) is 28.9 Å². The Morgan fingerprint density at radius 2 is 1.96 bits per heavy atom. The van der Waals surface area contributed by atoms with Gasteiger partial charge in [0.05, 0.1) is 20.8 Å². The first-order valence-electron chi connectivity index (χ1n) is 9.87. The van der Waals surface area contributed by atoms with Gasteiger partial charge in [-0.05, 0) is 57.3 Å². The summed E-state index contributed by atoms with van der Waals surface area (Å²) in [6.45, 7) is 6.04. The molecular weight excluding hydrogens is 342 g/mol. The van der Waals surface area contributed by atoms with Gasteiger partial charge >= 0.3 is 6.03 Å². The Bertz CT molecular complexity index is 702. The van der Waals surface area contributed by atoms with Crippen LogP contribution in [0.5, 0.6) is 11.5 Å². The van der Waals surface area contributed by atoms with E-state index in [0.717, 1.165) is 80.2 Å². The van der Waals surface area contributed by atoms with E-state index in [0.29, 0.717) is 6.54 Å². The summed E-state index contributed by atoms with van der Waals surface area (Å²) in [6.07, 6.45) is 5.86. The Kier molecular flexibility index (Phi) is 6.61. The number of allylic oxidation sites excluding steroid dienone is 2. The van der Waals surface area contributed by atoms with E-state index in [-0.39, 0.29) is 6.03 Å². The van der Waals surface area contributed by atoms with Gasteiger partial charge in [0.1, 0.15) is 11.5 Å². The highest BCUT2D eigenvalue weighted by molar-refractivity contribution is 5.77. The van der Waals surface area contributed by atoms with Crippen LogP contribution in [-0.4, -0.2) is 56.2 Å². The highest BCUT2D eigenvalue weighted by Crippen LogP contribution is 2.34. The molecule has 0 aliphatic carbocycles. The molecule has 1 aromatic rings. The van der Waals surface area contributed by atoms with Gasteiger partial charge in [0.25, 0.3) is 0 Å². The van der Waals surface area contributed by atoms with Gasteiger partial charge in [-0.15, -0.1) is 0 Å². The molecule has 0 radical (unpaired) electrons. The lowest BCUT2D eigenvalue weighted by Gasteiger charge is -2.31. The van der Waals surface area contributed by atoms with E-state index in [1.165, 1.54) is 0 Å². The summed E-state index contributed by atoms with van der Waals surface area (Å²) in [5.74, 6) is 1.58. The van der Waals surface area contributed by atoms with Crippen molar-refractivity contribution in [3.05, 3.63) is 35.0 Å². The molecule has 0 aromatic heterocycles. The average Bonchev–Trinajstić information content (AvgIpc) is 2.89. The number of carbonyl (C=O) groups excluding carboxylic acids is 1. The molecule has 0 atom stereocenters. The van der Waals surface area contributed by atoms with E-state index < -0.39 is 0 Å². The summed E-state index contributed by atoms with van der Waals surface area (Å²) in [6, 6.07) is 4.05. The molecule has 6 nitrogen and oxygen atoms in total. The number of nitrogens with zero attached hydrogens (tertiary/aromatic N) is 2. The Balaban J connectivity index is 1.99. The summed E-state index contributed by atoms with van der Waals surface area (Å²) >= 11 is 0. The second-order valence-electron chi connectivity index (χ2n) is 7.02. The topological polar surface area (TPSA) is 54.0 Å². The number of methoxy groups -OCH3 is 2. The number of urea groups is 1. The molecule has 2 amide bonds. The molecule has 0 spiro atoms. The first-order valence-corrected chi connectivity index (χ1v) is 9.87. The van der Waals surface area contributed by atoms with Crippen LogP contribution in [0.3, 0.4) is 0 Å². The number of hydrogen-bond acceptors (Lipinski definition) is 4. The van der Waals surface area contributed by atoms with Crippen LogP contribution in [0.1, 0.15) is 37.3 Å². The molecule has 2 aliphatic heterocycles. The highest BCUT2D eigenvalue weighted by Gasteiger charge is 2.27. The van der Waals surface area contributed by atoms with Crippen LogP contribution >= 0.6 is 0 Å². The number of rotatable bonds is 3. The third-order valence-electron chi connectivity index (χ3n) is 5.40. The Morgan fingerprint density at radius 3 is 2.70 bits per heavy atom. The zero-order valence-electron chi connectivity index (χ0n) is 16.7. The minimum Gasteiger partial charge on any atom is -0.497 e. The maximum atomic E-state index is 13.3. The molecule has 1 aromatic carbocycles. The van der Waals surface area contributed by atoms with Gasteiger partial charge in [-0.3, -0.25) is 4.90 Å². The molecule has 2 aliphatic rings. The fraction of sp³-hybridized carbons (Fsp3) is 0.571. The van der Waals surface area contributed by atoms with Crippen molar-refractivity contribution in [2.24, 2.45) is 0 Å². The highest BCUT2D eigenvalue weighted by atomic mass is 16.5. The summed E-state index contributed by atoms with van der Waals surface area (Å²) in [5, 5.41) is 3.48. The normalized spacial score (nSPS) is 18.6. The molecule has 27 heavy (non-hydrogen) atoms. The van der Waals surface area contributed by atoms with Crippen LogP contribution in [0.15, 0.2) is 23.9 Å². The largest absolute Gasteiger partial charge is 0.497 e. The Morgan fingerprint density at radius 1 is 1.15 bits per heavy atom. The van der Waals surface area contributed by atoms with Gasteiger partial charge in [0.15, 0.2) is 0 Å². The third kappa shape index (κ3) is 4.38. The van der Waals surface area contributed by atoms with Crippen molar-refractivity contribution in [3.63, 3.8) is 0 Å². The fourth-order valence-electron chi connectivity index (χ4n) is 3.85. The zero-order chi connectivity index (χ0) is 19.2. The number of nitrogens with one attached hydrogen (secondary N) is 1. The maximum absolute atomic E-state index is 13.3. The number of benzene rings is 1. The summed E-state index contributed by atoms with van der Waals surface area (Å²) in [7, 11) is 3.34. The first-order chi connectivity index (χ1) is 13.2. The van der Waals surface area contributed by atoms with E-state index in [2.05, 4.69) is 11.4 Å². The third-order valence-corrected chi connectivity index (χ3v) is 5.40. The fourth-order valence-corrected chi connectivity index (χ4v) is 3.85. The van der Waals surface area contributed by atoms with E-state index in [4.69, 9.17) is 9.47 Å². The predicted molar refractivity (Wildman–Crippen MR) is 106 cm³/mol.